The molecule has 2 aromatic carbocycles. The Morgan fingerprint density at radius 3 is 2.65 bits per heavy atom. The van der Waals surface area contributed by atoms with E-state index in [9.17, 15) is 4.79 Å². The summed E-state index contributed by atoms with van der Waals surface area (Å²) in [5, 5.41) is 14.8. The molecule has 1 aromatic heterocycles. The van der Waals surface area contributed by atoms with Crippen molar-refractivity contribution in [3.8, 4) is 11.4 Å². The van der Waals surface area contributed by atoms with Gasteiger partial charge in [0.05, 0.1) is 23.7 Å². The number of para-hydroxylation sites is 2. The summed E-state index contributed by atoms with van der Waals surface area (Å²) >= 11 is 1.29. The summed E-state index contributed by atoms with van der Waals surface area (Å²) in [5.74, 6) is 0.459. The van der Waals surface area contributed by atoms with Gasteiger partial charge in [0.15, 0.2) is 0 Å². The molecule has 0 saturated carbocycles. The highest BCUT2D eigenvalue weighted by Gasteiger charge is 2.20. The van der Waals surface area contributed by atoms with Gasteiger partial charge in [-0.15, -0.1) is 5.10 Å². The van der Waals surface area contributed by atoms with E-state index < -0.39 is 5.25 Å². The van der Waals surface area contributed by atoms with Crippen LogP contribution in [0.15, 0.2) is 53.7 Å². The van der Waals surface area contributed by atoms with Gasteiger partial charge in [-0.2, -0.15) is 4.68 Å². The monoisotopic (exact) mass is 369 g/mol. The quantitative estimate of drug-likeness (QED) is 0.673. The van der Waals surface area contributed by atoms with Gasteiger partial charge in [0.2, 0.25) is 11.1 Å². The van der Waals surface area contributed by atoms with Crippen LogP contribution < -0.4 is 10.1 Å². The molecule has 1 unspecified atom stereocenters. The summed E-state index contributed by atoms with van der Waals surface area (Å²) < 4.78 is 6.88. The standard InChI is InChI=1S/C18H19N5O2S/c1-12-8-10-14(11-9-12)23-18(20-21-22-23)26-13(2)17(24)19-15-6-4-5-7-16(15)25-3/h4-11,13H,1-3H3,(H,19,24). The lowest BCUT2D eigenvalue weighted by molar-refractivity contribution is -0.115. The molecular weight excluding hydrogens is 350 g/mol. The number of anilines is 1. The Kier molecular flexibility index (Phi) is 5.52. The highest BCUT2D eigenvalue weighted by molar-refractivity contribution is 8.00. The van der Waals surface area contributed by atoms with Crippen molar-refractivity contribution < 1.29 is 9.53 Å². The number of aryl methyl sites for hydroxylation is 1. The summed E-state index contributed by atoms with van der Waals surface area (Å²) in [5.41, 5.74) is 2.63. The number of hydrogen-bond donors (Lipinski definition) is 1. The van der Waals surface area contributed by atoms with Crippen LogP contribution in [-0.2, 0) is 4.79 Å². The van der Waals surface area contributed by atoms with E-state index in [1.807, 2.05) is 50.2 Å². The summed E-state index contributed by atoms with van der Waals surface area (Å²) in [6.45, 7) is 3.83. The number of benzene rings is 2. The van der Waals surface area contributed by atoms with Gasteiger partial charge < -0.3 is 10.1 Å². The number of amides is 1. The van der Waals surface area contributed by atoms with Gasteiger partial charge in [-0.1, -0.05) is 41.6 Å². The average Bonchev–Trinajstić information content (AvgIpc) is 3.10. The molecule has 1 heterocycles. The van der Waals surface area contributed by atoms with Crippen molar-refractivity contribution in [1.82, 2.24) is 20.2 Å². The Balaban J connectivity index is 1.72. The first-order valence-electron chi connectivity index (χ1n) is 8.04. The van der Waals surface area contributed by atoms with Crippen LogP contribution in [0.2, 0.25) is 0 Å². The third kappa shape index (κ3) is 4.02. The number of nitrogens with zero attached hydrogens (tertiary/aromatic N) is 4. The molecule has 0 spiro atoms. The molecule has 7 nitrogen and oxygen atoms in total. The van der Waals surface area contributed by atoms with Crippen LogP contribution >= 0.6 is 11.8 Å². The van der Waals surface area contributed by atoms with Gasteiger partial charge in [-0.3, -0.25) is 4.79 Å². The smallest absolute Gasteiger partial charge is 0.237 e. The van der Waals surface area contributed by atoms with Gasteiger partial charge in [0.25, 0.3) is 0 Å². The minimum Gasteiger partial charge on any atom is -0.495 e. The lowest BCUT2D eigenvalue weighted by atomic mass is 10.2. The molecule has 3 aromatic rings. The van der Waals surface area contributed by atoms with Gasteiger partial charge in [0, 0.05) is 0 Å². The van der Waals surface area contributed by atoms with Crippen molar-refractivity contribution in [2.75, 3.05) is 12.4 Å². The zero-order valence-electron chi connectivity index (χ0n) is 14.7. The fourth-order valence-electron chi connectivity index (χ4n) is 2.29. The minimum atomic E-state index is -0.393. The van der Waals surface area contributed by atoms with Gasteiger partial charge in [0.1, 0.15) is 5.75 Å². The third-order valence-electron chi connectivity index (χ3n) is 3.74. The number of aromatic nitrogens is 4. The number of methoxy groups -OCH3 is 1. The van der Waals surface area contributed by atoms with E-state index in [0.717, 1.165) is 11.3 Å². The van der Waals surface area contributed by atoms with Crippen LogP contribution in [-0.4, -0.2) is 38.5 Å². The number of carbonyl (C=O) groups is 1. The molecule has 0 radical (unpaired) electrons. The molecule has 0 aliphatic carbocycles. The Morgan fingerprint density at radius 2 is 1.92 bits per heavy atom. The van der Waals surface area contributed by atoms with E-state index in [2.05, 4.69) is 20.8 Å². The summed E-state index contributed by atoms with van der Waals surface area (Å²) in [7, 11) is 1.57. The molecule has 0 saturated heterocycles. The zero-order chi connectivity index (χ0) is 18.5. The SMILES string of the molecule is COc1ccccc1NC(=O)C(C)Sc1nnnn1-c1ccc(C)cc1. The second kappa shape index (κ2) is 8.01. The van der Waals surface area contributed by atoms with E-state index in [1.165, 1.54) is 11.8 Å². The molecule has 1 atom stereocenters. The molecule has 0 aliphatic heterocycles. The summed E-state index contributed by atoms with van der Waals surface area (Å²) in [6.07, 6.45) is 0. The highest BCUT2D eigenvalue weighted by atomic mass is 32.2. The van der Waals surface area contributed by atoms with Crippen LogP contribution in [0.3, 0.4) is 0 Å². The maximum atomic E-state index is 12.5. The minimum absolute atomic E-state index is 0.155. The van der Waals surface area contributed by atoms with Crippen molar-refractivity contribution in [3.05, 3.63) is 54.1 Å². The van der Waals surface area contributed by atoms with E-state index in [0.29, 0.717) is 16.6 Å². The Hall–Kier alpha value is -2.87. The number of rotatable bonds is 6. The van der Waals surface area contributed by atoms with Crippen molar-refractivity contribution in [2.45, 2.75) is 24.3 Å². The predicted molar refractivity (Wildman–Crippen MR) is 101 cm³/mol. The molecule has 26 heavy (non-hydrogen) atoms. The zero-order valence-corrected chi connectivity index (χ0v) is 15.5. The molecule has 134 valence electrons. The lowest BCUT2D eigenvalue weighted by Crippen LogP contribution is -2.23. The number of thioether (sulfide) groups is 1. The molecular formula is C18H19N5O2S. The summed E-state index contributed by atoms with van der Waals surface area (Å²) in [4.78, 5) is 12.5. The van der Waals surface area contributed by atoms with E-state index in [-0.39, 0.29) is 5.91 Å². The fraction of sp³-hybridized carbons (Fsp3) is 0.222. The fourth-order valence-corrected chi connectivity index (χ4v) is 3.10. The Morgan fingerprint density at radius 1 is 1.19 bits per heavy atom. The van der Waals surface area contributed by atoms with Gasteiger partial charge >= 0.3 is 0 Å². The maximum absolute atomic E-state index is 12.5. The van der Waals surface area contributed by atoms with Crippen LogP contribution in [0.1, 0.15) is 12.5 Å². The second-order valence-electron chi connectivity index (χ2n) is 5.66. The van der Waals surface area contributed by atoms with Crippen LogP contribution in [0, 0.1) is 6.92 Å². The molecule has 0 aliphatic rings. The number of tetrazole rings is 1. The first kappa shape index (κ1) is 17.9. The second-order valence-corrected chi connectivity index (χ2v) is 6.97. The third-order valence-corrected chi connectivity index (χ3v) is 4.77. The molecule has 1 N–H and O–H groups in total. The van der Waals surface area contributed by atoms with Crippen molar-refractivity contribution in [3.63, 3.8) is 0 Å². The van der Waals surface area contributed by atoms with Crippen molar-refractivity contribution >= 4 is 23.4 Å². The Labute approximate surface area is 155 Å². The van der Waals surface area contributed by atoms with Crippen molar-refractivity contribution in [2.24, 2.45) is 0 Å². The number of nitrogens with one attached hydrogen (secondary N) is 1. The molecule has 3 rings (SSSR count). The van der Waals surface area contributed by atoms with Crippen LogP contribution in [0.5, 0.6) is 5.75 Å². The maximum Gasteiger partial charge on any atom is 0.237 e. The normalized spacial score (nSPS) is 11.8. The summed E-state index contributed by atoms with van der Waals surface area (Å²) in [6, 6.07) is 15.1. The number of hydrogen-bond acceptors (Lipinski definition) is 6. The van der Waals surface area contributed by atoms with E-state index in [1.54, 1.807) is 23.9 Å². The largest absolute Gasteiger partial charge is 0.495 e. The molecule has 0 fully saturated rings. The number of ether oxygens (including phenoxy) is 1. The van der Waals surface area contributed by atoms with Crippen LogP contribution in [0.25, 0.3) is 5.69 Å². The lowest BCUT2D eigenvalue weighted by Gasteiger charge is -2.13. The topological polar surface area (TPSA) is 81.9 Å². The molecule has 8 heteroatoms. The first-order valence-corrected chi connectivity index (χ1v) is 8.92. The Bertz CT molecular complexity index is 895. The van der Waals surface area contributed by atoms with E-state index >= 15 is 0 Å². The predicted octanol–water partition coefficient (Wildman–Crippen LogP) is 3.10. The van der Waals surface area contributed by atoms with Gasteiger partial charge in [-0.25, -0.2) is 0 Å². The van der Waals surface area contributed by atoms with Gasteiger partial charge in [-0.05, 0) is 48.5 Å². The average molecular weight is 369 g/mol. The highest BCUT2D eigenvalue weighted by Crippen LogP contribution is 2.27. The molecule has 1 amide bonds. The first-order chi connectivity index (χ1) is 12.6. The van der Waals surface area contributed by atoms with E-state index in [4.69, 9.17) is 4.74 Å². The van der Waals surface area contributed by atoms with Crippen molar-refractivity contribution in [1.29, 1.82) is 0 Å². The molecule has 0 bridgehead atoms. The number of carbonyl (C=O) groups excluding carboxylic acids is 1. The van der Waals surface area contributed by atoms with Crippen LogP contribution in [0.4, 0.5) is 5.69 Å².